The zero-order valence-electron chi connectivity index (χ0n) is 11.2. The highest BCUT2D eigenvalue weighted by molar-refractivity contribution is 5.75. The van der Waals surface area contributed by atoms with Crippen LogP contribution in [-0.4, -0.2) is 43.6 Å². The van der Waals surface area contributed by atoms with E-state index in [4.69, 9.17) is 9.47 Å². The molecule has 2 atom stereocenters. The summed E-state index contributed by atoms with van der Waals surface area (Å²) in [5.41, 5.74) is 1.78. The summed E-state index contributed by atoms with van der Waals surface area (Å²) in [6, 6.07) is 5.58. The summed E-state index contributed by atoms with van der Waals surface area (Å²) in [7, 11) is 1.67. The largest absolute Gasteiger partial charge is 0.496 e. The molecule has 0 amide bonds. The molecule has 1 aromatic rings. The molecule has 0 aliphatic carbocycles. The number of ether oxygens (including phenoxy) is 2. The lowest BCUT2D eigenvalue weighted by atomic mass is 10.1. The molecule has 0 N–H and O–H groups in total. The van der Waals surface area contributed by atoms with E-state index in [2.05, 4.69) is 4.90 Å². The first-order valence-corrected chi connectivity index (χ1v) is 6.78. The van der Waals surface area contributed by atoms with E-state index in [1.807, 2.05) is 12.1 Å². The average molecular weight is 261 g/mol. The maximum absolute atomic E-state index is 10.9. The Balaban J connectivity index is 1.76. The van der Waals surface area contributed by atoms with Gasteiger partial charge in [-0.2, -0.15) is 0 Å². The van der Waals surface area contributed by atoms with Crippen LogP contribution in [0.3, 0.4) is 0 Å². The molecule has 2 bridgehead atoms. The second-order valence-corrected chi connectivity index (χ2v) is 5.34. The van der Waals surface area contributed by atoms with Gasteiger partial charge in [0.05, 0.1) is 19.3 Å². The molecule has 3 rings (SSSR count). The maximum Gasteiger partial charge on any atom is 0.150 e. The fraction of sp³-hybridized carbons (Fsp3) is 0.533. The number of carbonyl (C=O) groups is 1. The second-order valence-electron chi connectivity index (χ2n) is 5.34. The molecule has 0 aromatic heterocycles. The van der Waals surface area contributed by atoms with Gasteiger partial charge in [0, 0.05) is 30.8 Å². The number of hydrogen-bond acceptors (Lipinski definition) is 4. The number of morpholine rings is 1. The molecule has 4 heteroatoms. The number of rotatable bonds is 4. The Hall–Kier alpha value is -1.39. The highest BCUT2D eigenvalue weighted by Gasteiger charge is 2.33. The van der Waals surface area contributed by atoms with Crippen LogP contribution < -0.4 is 4.74 Å². The van der Waals surface area contributed by atoms with Crippen LogP contribution in [0.15, 0.2) is 18.2 Å². The molecule has 102 valence electrons. The zero-order chi connectivity index (χ0) is 13.2. The van der Waals surface area contributed by atoms with E-state index in [0.717, 1.165) is 37.2 Å². The van der Waals surface area contributed by atoms with E-state index in [0.29, 0.717) is 17.8 Å². The normalized spacial score (nSPS) is 26.4. The van der Waals surface area contributed by atoms with Crippen molar-refractivity contribution >= 4 is 6.29 Å². The summed E-state index contributed by atoms with van der Waals surface area (Å²) in [5, 5.41) is 0. The third-order valence-electron chi connectivity index (χ3n) is 3.95. The first-order valence-electron chi connectivity index (χ1n) is 6.78. The first-order chi connectivity index (χ1) is 9.28. The zero-order valence-corrected chi connectivity index (χ0v) is 11.2. The molecule has 0 radical (unpaired) electrons. The van der Waals surface area contributed by atoms with Gasteiger partial charge in [-0.15, -0.1) is 0 Å². The number of hydrogen-bond donors (Lipinski definition) is 0. The molecule has 2 fully saturated rings. The minimum absolute atomic E-state index is 0.388. The number of benzene rings is 1. The molecule has 4 nitrogen and oxygen atoms in total. The standard InChI is InChI=1S/C15H19NO3/c1-18-15-5-2-11(10-17)6-12(15)7-16-8-13-3-4-14(9-16)19-13/h2,5-6,10,13-14H,3-4,7-9H2,1H3. The van der Waals surface area contributed by atoms with Gasteiger partial charge in [-0.1, -0.05) is 0 Å². The van der Waals surface area contributed by atoms with Crippen molar-refractivity contribution in [3.63, 3.8) is 0 Å². The van der Waals surface area contributed by atoms with Crippen molar-refractivity contribution in [1.29, 1.82) is 0 Å². The molecule has 0 spiro atoms. The van der Waals surface area contributed by atoms with Gasteiger partial charge >= 0.3 is 0 Å². The third kappa shape index (κ3) is 2.65. The van der Waals surface area contributed by atoms with Gasteiger partial charge in [0.2, 0.25) is 0 Å². The number of fused-ring (bicyclic) bond motifs is 2. The van der Waals surface area contributed by atoms with Crippen LogP contribution in [0.4, 0.5) is 0 Å². The van der Waals surface area contributed by atoms with Gasteiger partial charge < -0.3 is 9.47 Å². The number of carbonyl (C=O) groups excluding carboxylic acids is 1. The van der Waals surface area contributed by atoms with Crippen molar-refractivity contribution < 1.29 is 14.3 Å². The van der Waals surface area contributed by atoms with E-state index in [9.17, 15) is 4.79 Å². The topological polar surface area (TPSA) is 38.8 Å². The third-order valence-corrected chi connectivity index (χ3v) is 3.95. The highest BCUT2D eigenvalue weighted by Crippen LogP contribution is 2.29. The van der Waals surface area contributed by atoms with Gasteiger partial charge in [0.1, 0.15) is 12.0 Å². The Morgan fingerprint density at radius 3 is 2.74 bits per heavy atom. The minimum atomic E-state index is 0.388. The fourth-order valence-electron chi connectivity index (χ4n) is 3.06. The van der Waals surface area contributed by atoms with Gasteiger partial charge in [0.15, 0.2) is 0 Å². The van der Waals surface area contributed by atoms with E-state index in [1.54, 1.807) is 13.2 Å². The predicted molar refractivity (Wildman–Crippen MR) is 71.6 cm³/mol. The Morgan fingerprint density at radius 1 is 1.37 bits per heavy atom. The number of nitrogens with zero attached hydrogens (tertiary/aromatic N) is 1. The summed E-state index contributed by atoms with van der Waals surface area (Å²) in [4.78, 5) is 13.3. The Kier molecular flexibility index (Phi) is 3.53. The van der Waals surface area contributed by atoms with E-state index >= 15 is 0 Å². The molecule has 1 aromatic carbocycles. The van der Waals surface area contributed by atoms with Crippen LogP contribution in [0.2, 0.25) is 0 Å². The molecule has 2 aliphatic rings. The highest BCUT2D eigenvalue weighted by atomic mass is 16.5. The summed E-state index contributed by atoms with van der Waals surface area (Å²) in [5.74, 6) is 0.851. The van der Waals surface area contributed by atoms with Crippen LogP contribution in [0.25, 0.3) is 0 Å². The van der Waals surface area contributed by atoms with E-state index in [1.165, 1.54) is 12.8 Å². The van der Waals surface area contributed by atoms with Crippen LogP contribution in [0.1, 0.15) is 28.8 Å². The second kappa shape index (κ2) is 5.31. The summed E-state index contributed by atoms with van der Waals surface area (Å²) < 4.78 is 11.2. The monoisotopic (exact) mass is 261 g/mol. The Labute approximate surface area is 113 Å². The van der Waals surface area contributed by atoms with Gasteiger partial charge in [0.25, 0.3) is 0 Å². The van der Waals surface area contributed by atoms with Crippen molar-refractivity contribution in [3.05, 3.63) is 29.3 Å². The van der Waals surface area contributed by atoms with Crippen molar-refractivity contribution in [3.8, 4) is 5.75 Å². The van der Waals surface area contributed by atoms with Crippen molar-refractivity contribution in [1.82, 2.24) is 4.90 Å². The van der Waals surface area contributed by atoms with E-state index < -0.39 is 0 Å². The number of aldehydes is 1. The Bertz CT molecular complexity index is 462. The van der Waals surface area contributed by atoms with Crippen molar-refractivity contribution in [2.75, 3.05) is 20.2 Å². The summed E-state index contributed by atoms with van der Waals surface area (Å²) in [6.07, 6.45) is 4.00. The molecule has 2 saturated heterocycles. The number of methoxy groups -OCH3 is 1. The van der Waals surface area contributed by atoms with Gasteiger partial charge in [-0.05, 0) is 31.0 Å². The molecular weight excluding hydrogens is 242 g/mol. The van der Waals surface area contributed by atoms with Crippen molar-refractivity contribution in [2.24, 2.45) is 0 Å². The molecule has 2 unspecified atom stereocenters. The first kappa shape index (κ1) is 12.6. The molecular formula is C15H19NO3. The average Bonchev–Trinajstić information content (AvgIpc) is 2.78. The molecule has 19 heavy (non-hydrogen) atoms. The predicted octanol–water partition coefficient (Wildman–Crippen LogP) is 1.87. The maximum atomic E-state index is 10.9. The Morgan fingerprint density at radius 2 is 2.11 bits per heavy atom. The van der Waals surface area contributed by atoms with Crippen LogP contribution in [0, 0.1) is 0 Å². The van der Waals surface area contributed by atoms with Crippen LogP contribution in [0.5, 0.6) is 5.75 Å². The van der Waals surface area contributed by atoms with E-state index in [-0.39, 0.29) is 0 Å². The summed E-state index contributed by atoms with van der Waals surface area (Å²) >= 11 is 0. The molecule has 2 aliphatic heterocycles. The smallest absolute Gasteiger partial charge is 0.150 e. The molecule has 0 saturated carbocycles. The fourth-order valence-corrected chi connectivity index (χ4v) is 3.06. The summed E-state index contributed by atoms with van der Waals surface area (Å²) in [6.45, 7) is 2.77. The lowest BCUT2D eigenvalue weighted by Gasteiger charge is -2.32. The van der Waals surface area contributed by atoms with Crippen LogP contribution >= 0.6 is 0 Å². The lowest BCUT2D eigenvalue weighted by molar-refractivity contribution is -0.0412. The molecule has 2 heterocycles. The quantitative estimate of drug-likeness (QED) is 0.776. The SMILES string of the molecule is COc1ccc(C=O)cc1CN1CC2CCC(C1)O2. The number of likely N-dealkylation sites (tertiary alicyclic amines) is 1. The van der Waals surface area contributed by atoms with Gasteiger partial charge in [-0.25, -0.2) is 0 Å². The van der Waals surface area contributed by atoms with Crippen molar-refractivity contribution in [2.45, 2.75) is 31.6 Å². The minimum Gasteiger partial charge on any atom is -0.496 e. The van der Waals surface area contributed by atoms with Crippen LogP contribution in [-0.2, 0) is 11.3 Å². The lowest BCUT2D eigenvalue weighted by Crippen LogP contribution is -2.42. The van der Waals surface area contributed by atoms with Gasteiger partial charge in [-0.3, -0.25) is 9.69 Å².